The van der Waals surface area contributed by atoms with Gasteiger partial charge >= 0.3 is 12.1 Å². The van der Waals surface area contributed by atoms with Crippen molar-refractivity contribution in [3.8, 4) is 0 Å². The Morgan fingerprint density at radius 1 is 1.08 bits per heavy atom. The van der Waals surface area contributed by atoms with E-state index in [0.29, 0.717) is 10.6 Å². The van der Waals surface area contributed by atoms with E-state index >= 15 is 0 Å². The van der Waals surface area contributed by atoms with Gasteiger partial charge in [0.25, 0.3) is 5.91 Å². The Kier molecular flexibility index (Phi) is 10.3. The summed E-state index contributed by atoms with van der Waals surface area (Å²) >= 11 is 6.18. The van der Waals surface area contributed by atoms with Crippen LogP contribution in [-0.2, 0) is 41.7 Å². The first-order valence-corrected chi connectivity index (χ1v) is 12.5. The van der Waals surface area contributed by atoms with Gasteiger partial charge in [-0.3, -0.25) is 14.4 Å². The number of benzene rings is 1. The molecule has 0 aromatic heterocycles. The average molecular weight is 540 g/mol. The quantitative estimate of drug-likeness (QED) is 0.510. The van der Waals surface area contributed by atoms with Gasteiger partial charge in [0.15, 0.2) is 6.10 Å². The third-order valence-corrected chi connectivity index (χ3v) is 5.69. The Hall–Kier alpha value is -2.85. The van der Waals surface area contributed by atoms with Gasteiger partial charge in [-0.1, -0.05) is 38.4 Å². The molecule has 37 heavy (non-hydrogen) atoms. The summed E-state index contributed by atoms with van der Waals surface area (Å²) in [7, 11) is 0. The fraction of sp³-hybridized carbons (Fsp3) is 0.615. The summed E-state index contributed by atoms with van der Waals surface area (Å²) in [6.07, 6.45) is -1.61. The van der Waals surface area contributed by atoms with E-state index in [9.17, 15) is 19.2 Å². The first kappa shape index (κ1) is 30.4. The lowest BCUT2D eigenvalue weighted by Crippen LogP contribution is -2.59. The van der Waals surface area contributed by atoms with Crippen molar-refractivity contribution in [2.24, 2.45) is 5.41 Å². The lowest BCUT2D eigenvalue weighted by atomic mass is 9.87. The molecule has 0 aliphatic carbocycles. The number of esters is 1. The maximum atomic E-state index is 13.4. The van der Waals surface area contributed by atoms with Crippen LogP contribution >= 0.6 is 11.6 Å². The number of nitrogens with zero attached hydrogens (tertiary/aromatic N) is 1. The molecule has 0 spiro atoms. The van der Waals surface area contributed by atoms with Crippen molar-refractivity contribution < 1.29 is 33.4 Å². The van der Waals surface area contributed by atoms with Crippen molar-refractivity contribution >= 4 is 35.5 Å². The Balaban J connectivity index is 2.13. The summed E-state index contributed by atoms with van der Waals surface area (Å²) in [5.41, 5.74) is 0.136. The number of ether oxygens (including phenoxy) is 3. The average Bonchev–Trinajstić information content (AvgIpc) is 2.78. The number of alkyl carbamates (subject to hydrolysis) is 1. The molecule has 11 heteroatoms. The predicted octanol–water partition coefficient (Wildman–Crippen LogP) is 3.19. The lowest BCUT2D eigenvalue weighted by Gasteiger charge is -2.39. The SMILES string of the molecule is CC(=O)O[C@@H](C(=O)N1CCOC[C@H]1C(=O)NCc1cc(Cl)ccc1CNC(=O)OC(C)(C)C)C(C)(C)C. The summed E-state index contributed by atoms with van der Waals surface area (Å²) in [5.74, 6) is -1.44. The highest BCUT2D eigenvalue weighted by molar-refractivity contribution is 6.30. The third kappa shape index (κ3) is 9.51. The van der Waals surface area contributed by atoms with Crippen molar-refractivity contribution in [2.45, 2.75) is 79.3 Å². The number of hydrogen-bond donors (Lipinski definition) is 2. The summed E-state index contributed by atoms with van der Waals surface area (Å²) < 4.78 is 16.1. The van der Waals surface area contributed by atoms with Gasteiger partial charge in [-0.2, -0.15) is 0 Å². The summed E-state index contributed by atoms with van der Waals surface area (Å²) in [5, 5.41) is 6.01. The highest BCUT2D eigenvalue weighted by atomic mass is 35.5. The van der Waals surface area contributed by atoms with Crippen LogP contribution in [0.2, 0.25) is 5.02 Å². The zero-order chi connectivity index (χ0) is 28.0. The minimum Gasteiger partial charge on any atom is -0.452 e. The molecule has 1 fully saturated rings. The number of halogens is 1. The summed E-state index contributed by atoms with van der Waals surface area (Å²) in [4.78, 5) is 51.7. The Bertz CT molecular complexity index is 1000. The predicted molar refractivity (Wildman–Crippen MR) is 138 cm³/mol. The number of carbonyl (C=O) groups excluding carboxylic acids is 4. The molecule has 1 aromatic carbocycles. The standard InChI is InChI=1S/C26H38ClN3O7/c1-16(31)36-21(25(2,3)4)23(33)30-10-11-35-15-20(30)22(32)28-14-18-12-19(27)9-8-17(18)13-29-24(34)37-26(5,6)7/h8-9,12,20-21H,10-11,13-15H2,1-7H3,(H,28,32)(H,29,34)/t20-,21-/m0/s1. The monoisotopic (exact) mass is 539 g/mol. The topological polar surface area (TPSA) is 123 Å². The first-order valence-electron chi connectivity index (χ1n) is 12.2. The molecule has 0 radical (unpaired) electrons. The lowest BCUT2D eigenvalue weighted by molar-refractivity contribution is -0.171. The fourth-order valence-corrected chi connectivity index (χ4v) is 3.91. The minimum atomic E-state index is -1.04. The van der Waals surface area contributed by atoms with Crippen molar-refractivity contribution in [2.75, 3.05) is 19.8 Å². The van der Waals surface area contributed by atoms with Crippen molar-refractivity contribution in [3.63, 3.8) is 0 Å². The zero-order valence-electron chi connectivity index (χ0n) is 22.6. The van der Waals surface area contributed by atoms with Crippen LogP contribution in [-0.4, -0.2) is 66.3 Å². The Morgan fingerprint density at radius 3 is 2.32 bits per heavy atom. The van der Waals surface area contributed by atoms with E-state index in [1.54, 1.807) is 59.7 Å². The summed E-state index contributed by atoms with van der Waals surface area (Å²) in [6.45, 7) is 12.7. The van der Waals surface area contributed by atoms with E-state index in [0.717, 1.165) is 5.56 Å². The maximum Gasteiger partial charge on any atom is 0.407 e. The van der Waals surface area contributed by atoms with Gasteiger partial charge in [-0.05, 0) is 44.0 Å². The number of rotatable bonds is 7. The van der Waals surface area contributed by atoms with E-state index in [1.165, 1.54) is 11.8 Å². The number of morpholine rings is 1. The van der Waals surface area contributed by atoms with Crippen LogP contribution in [0.1, 0.15) is 59.6 Å². The highest BCUT2D eigenvalue weighted by Crippen LogP contribution is 2.26. The van der Waals surface area contributed by atoms with Crippen LogP contribution < -0.4 is 10.6 Å². The van der Waals surface area contributed by atoms with Crippen LogP contribution in [0.4, 0.5) is 4.79 Å². The second-order valence-electron chi connectivity index (χ2n) is 11.0. The van der Waals surface area contributed by atoms with Gasteiger partial charge in [-0.15, -0.1) is 0 Å². The number of nitrogens with one attached hydrogen (secondary N) is 2. The maximum absolute atomic E-state index is 13.4. The molecule has 0 bridgehead atoms. The van der Waals surface area contributed by atoms with E-state index < -0.39 is 47.0 Å². The molecule has 3 amide bonds. The molecule has 2 rings (SSSR count). The van der Waals surface area contributed by atoms with Gasteiger partial charge in [0.05, 0.1) is 13.2 Å². The molecule has 1 aliphatic rings. The Labute approximate surface area is 223 Å². The third-order valence-electron chi connectivity index (χ3n) is 5.45. The van der Waals surface area contributed by atoms with Crippen LogP contribution in [0, 0.1) is 5.41 Å². The molecule has 10 nitrogen and oxygen atoms in total. The van der Waals surface area contributed by atoms with Gasteiger partial charge in [0.2, 0.25) is 5.91 Å². The molecule has 1 aliphatic heterocycles. The molecular formula is C26H38ClN3O7. The van der Waals surface area contributed by atoms with E-state index in [-0.39, 0.29) is 32.8 Å². The van der Waals surface area contributed by atoms with E-state index in [4.69, 9.17) is 25.8 Å². The first-order chi connectivity index (χ1) is 17.1. The second kappa shape index (κ2) is 12.6. The number of hydrogen-bond acceptors (Lipinski definition) is 7. The second-order valence-corrected chi connectivity index (χ2v) is 11.4. The smallest absolute Gasteiger partial charge is 0.407 e. The van der Waals surface area contributed by atoms with Gasteiger partial charge in [0, 0.05) is 37.0 Å². The van der Waals surface area contributed by atoms with E-state index in [1.807, 2.05) is 0 Å². The van der Waals surface area contributed by atoms with Crippen LogP contribution in [0.3, 0.4) is 0 Å². The molecule has 2 atom stereocenters. The number of amides is 3. The van der Waals surface area contributed by atoms with Crippen molar-refractivity contribution in [1.82, 2.24) is 15.5 Å². The van der Waals surface area contributed by atoms with Gasteiger partial charge < -0.3 is 29.7 Å². The molecule has 0 unspecified atom stereocenters. The van der Waals surface area contributed by atoms with Crippen molar-refractivity contribution in [3.05, 3.63) is 34.3 Å². The van der Waals surface area contributed by atoms with Gasteiger partial charge in [-0.25, -0.2) is 4.79 Å². The summed E-state index contributed by atoms with van der Waals surface area (Å²) in [6, 6.07) is 4.25. The van der Waals surface area contributed by atoms with Crippen LogP contribution in [0.25, 0.3) is 0 Å². The normalized spacial score (nSPS) is 17.0. The highest BCUT2D eigenvalue weighted by Gasteiger charge is 2.42. The van der Waals surface area contributed by atoms with E-state index in [2.05, 4.69) is 10.6 Å². The van der Waals surface area contributed by atoms with Crippen LogP contribution in [0.5, 0.6) is 0 Å². The molecule has 1 saturated heterocycles. The van der Waals surface area contributed by atoms with Crippen LogP contribution in [0.15, 0.2) is 18.2 Å². The molecule has 0 saturated carbocycles. The zero-order valence-corrected chi connectivity index (χ0v) is 23.4. The van der Waals surface area contributed by atoms with Crippen molar-refractivity contribution in [1.29, 1.82) is 0 Å². The Morgan fingerprint density at radius 2 is 1.73 bits per heavy atom. The molecule has 206 valence electrons. The minimum absolute atomic E-state index is 0.0110. The molecule has 1 aromatic rings. The largest absolute Gasteiger partial charge is 0.452 e. The fourth-order valence-electron chi connectivity index (χ4n) is 3.71. The molecule has 2 N–H and O–H groups in total. The number of carbonyl (C=O) groups is 4. The molecule has 1 heterocycles. The van der Waals surface area contributed by atoms with Gasteiger partial charge in [0.1, 0.15) is 11.6 Å². The molecular weight excluding hydrogens is 502 g/mol.